The third-order valence-electron chi connectivity index (χ3n) is 3.38. The fourth-order valence-corrected chi connectivity index (χ4v) is 2.40. The summed E-state index contributed by atoms with van der Waals surface area (Å²) in [6.07, 6.45) is 0.162. The zero-order valence-corrected chi connectivity index (χ0v) is 14.7. The molecule has 0 radical (unpaired) electrons. The van der Waals surface area contributed by atoms with Crippen LogP contribution in [0.1, 0.15) is 19.7 Å². The van der Waals surface area contributed by atoms with E-state index in [1.54, 1.807) is 0 Å². The molecule has 0 atom stereocenters. The van der Waals surface area contributed by atoms with Gasteiger partial charge in [0.25, 0.3) is 0 Å². The van der Waals surface area contributed by atoms with Gasteiger partial charge >= 0.3 is 0 Å². The van der Waals surface area contributed by atoms with Crippen LogP contribution in [0.2, 0.25) is 0 Å². The van der Waals surface area contributed by atoms with E-state index in [1.165, 1.54) is 0 Å². The summed E-state index contributed by atoms with van der Waals surface area (Å²) in [7, 11) is 0. The Bertz CT molecular complexity index is 817. The van der Waals surface area contributed by atoms with E-state index in [9.17, 15) is 0 Å². The van der Waals surface area contributed by atoms with E-state index in [2.05, 4.69) is 20.6 Å². The van der Waals surface area contributed by atoms with E-state index in [-0.39, 0.29) is 6.10 Å². The molecule has 0 aliphatic heterocycles. The maximum absolute atomic E-state index is 5.66. The first-order chi connectivity index (χ1) is 12.1. The molecule has 5 heteroatoms. The summed E-state index contributed by atoms with van der Waals surface area (Å²) in [6, 6.07) is 19.7. The normalized spacial score (nSPS) is 10.6. The lowest BCUT2D eigenvalue weighted by atomic mass is 10.3. The Balaban J connectivity index is 1.74. The molecule has 0 aliphatic rings. The number of anilines is 4. The summed E-state index contributed by atoms with van der Waals surface area (Å²) in [5.74, 6) is 3.04. The lowest BCUT2D eigenvalue weighted by Crippen LogP contribution is -2.05. The Hall–Kier alpha value is -3.08. The number of para-hydroxylation sites is 1. The molecular formula is C20H22N4O. The second kappa shape index (κ2) is 7.66. The van der Waals surface area contributed by atoms with Crippen molar-refractivity contribution in [1.29, 1.82) is 0 Å². The van der Waals surface area contributed by atoms with Crippen LogP contribution in [0.15, 0.2) is 60.7 Å². The van der Waals surface area contributed by atoms with Crippen LogP contribution in [0, 0.1) is 6.92 Å². The quantitative estimate of drug-likeness (QED) is 0.660. The molecule has 3 aromatic rings. The largest absolute Gasteiger partial charge is 0.491 e. The molecule has 0 saturated carbocycles. The van der Waals surface area contributed by atoms with Gasteiger partial charge in [0.1, 0.15) is 23.2 Å². The molecular weight excluding hydrogens is 312 g/mol. The molecule has 0 amide bonds. The van der Waals surface area contributed by atoms with Crippen molar-refractivity contribution in [3.8, 4) is 5.75 Å². The summed E-state index contributed by atoms with van der Waals surface area (Å²) in [5.41, 5.74) is 1.93. The fraction of sp³-hybridized carbons (Fsp3) is 0.200. The van der Waals surface area contributed by atoms with Crippen molar-refractivity contribution in [1.82, 2.24) is 9.97 Å². The highest BCUT2D eigenvalue weighted by Crippen LogP contribution is 2.22. The van der Waals surface area contributed by atoms with Crippen molar-refractivity contribution < 1.29 is 4.74 Å². The summed E-state index contributed by atoms with van der Waals surface area (Å²) >= 11 is 0. The number of rotatable bonds is 6. The SMILES string of the molecule is Cc1nc(Nc2ccccc2)cc(Nc2ccc(OC(C)C)cc2)n1. The Morgan fingerprint density at radius 2 is 1.36 bits per heavy atom. The van der Waals surface area contributed by atoms with Crippen LogP contribution in [0.4, 0.5) is 23.0 Å². The van der Waals surface area contributed by atoms with E-state index in [1.807, 2.05) is 81.4 Å². The predicted molar refractivity (Wildman–Crippen MR) is 102 cm³/mol. The minimum absolute atomic E-state index is 0.162. The Kier molecular flexibility index (Phi) is 5.14. The maximum Gasteiger partial charge on any atom is 0.136 e. The molecule has 0 unspecified atom stereocenters. The van der Waals surface area contributed by atoms with Gasteiger partial charge in [-0.3, -0.25) is 0 Å². The first kappa shape index (κ1) is 16.8. The number of aromatic nitrogens is 2. The monoisotopic (exact) mass is 334 g/mol. The molecule has 2 aromatic carbocycles. The molecule has 128 valence electrons. The zero-order valence-electron chi connectivity index (χ0n) is 14.7. The van der Waals surface area contributed by atoms with Crippen molar-refractivity contribution >= 4 is 23.0 Å². The number of nitrogens with zero attached hydrogens (tertiary/aromatic N) is 2. The van der Waals surface area contributed by atoms with Gasteiger partial charge in [-0.05, 0) is 57.2 Å². The van der Waals surface area contributed by atoms with Gasteiger partial charge in [0, 0.05) is 17.4 Å². The van der Waals surface area contributed by atoms with Crippen molar-refractivity contribution in [2.45, 2.75) is 26.9 Å². The van der Waals surface area contributed by atoms with Gasteiger partial charge in [-0.1, -0.05) is 18.2 Å². The maximum atomic E-state index is 5.66. The fourth-order valence-electron chi connectivity index (χ4n) is 2.40. The third kappa shape index (κ3) is 4.94. The van der Waals surface area contributed by atoms with Crippen molar-refractivity contribution in [2.24, 2.45) is 0 Å². The molecule has 1 aromatic heterocycles. The minimum Gasteiger partial charge on any atom is -0.491 e. The van der Waals surface area contributed by atoms with E-state index in [0.717, 1.165) is 28.8 Å². The van der Waals surface area contributed by atoms with Crippen LogP contribution in [0.25, 0.3) is 0 Å². The number of aryl methyl sites for hydroxylation is 1. The Morgan fingerprint density at radius 1 is 0.800 bits per heavy atom. The number of nitrogens with one attached hydrogen (secondary N) is 2. The van der Waals surface area contributed by atoms with Crippen LogP contribution in [0.5, 0.6) is 5.75 Å². The highest BCUT2D eigenvalue weighted by molar-refractivity contribution is 5.63. The number of ether oxygens (including phenoxy) is 1. The number of hydrogen-bond donors (Lipinski definition) is 2. The van der Waals surface area contributed by atoms with Crippen LogP contribution in [-0.4, -0.2) is 16.1 Å². The molecule has 0 aliphatic carbocycles. The van der Waals surface area contributed by atoms with Crippen LogP contribution < -0.4 is 15.4 Å². The van der Waals surface area contributed by atoms with Gasteiger partial charge in [0.05, 0.1) is 6.10 Å². The average molecular weight is 334 g/mol. The van der Waals surface area contributed by atoms with E-state index >= 15 is 0 Å². The van der Waals surface area contributed by atoms with E-state index < -0.39 is 0 Å². The van der Waals surface area contributed by atoms with Crippen LogP contribution in [-0.2, 0) is 0 Å². The van der Waals surface area contributed by atoms with E-state index in [0.29, 0.717) is 5.82 Å². The van der Waals surface area contributed by atoms with Crippen LogP contribution in [0.3, 0.4) is 0 Å². The summed E-state index contributed by atoms with van der Waals surface area (Å²) < 4.78 is 5.66. The summed E-state index contributed by atoms with van der Waals surface area (Å²) in [6.45, 7) is 5.90. The van der Waals surface area contributed by atoms with Gasteiger partial charge in [-0.2, -0.15) is 0 Å². The molecule has 5 nitrogen and oxygen atoms in total. The molecule has 0 spiro atoms. The molecule has 1 heterocycles. The average Bonchev–Trinajstić information content (AvgIpc) is 2.56. The zero-order chi connectivity index (χ0) is 17.6. The third-order valence-corrected chi connectivity index (χ3v) is 3.38. The summed E-state index contributed by atoms with van der Waals surface area (Å²) in [4.78, 5) is 8.88. The molecule has 2 N–H and O–H groups in total. The molecule has 0 fully saturated rings. The Labute approximate surface area is 148 Å². The number of hydrogen-bond acceptors (Lipinski definition) is 5. The topological polar surface area (TPSA) is 59.1 Å². The predicted octanol–water partition coefficient (Wildman–Crippen LogP) is 5.06. The molecule has 0 bridgehead atoms. The first-order valence-electron chi connectivity index (χ1n) is 8.30. The van der Waals surface area contributed by atoms with Crippen molar-refractivity contribution in [2.75, 3.05) is 10.6 Å². The minimum atomic E-state index is 0.162. The second-order valence-corrected chi connectivity index (χ2v) is 5.99. The molecule has 25 heavy (non-hydrogen) atoms. The van der Waals surface area contributed by atoms with Gasteiger partial charge in [-0.15, -0.1) is 0 Å². The smallest absolute Gasteiger partial charge is 0.136 e. The van der Waals surface area contributed by atoms with E-state index in [4.69, 9.17) is 4.74 Å². The highest BCUT2D eigenvalue weighted by Gasteiger charge is 2.04. The standard InChI is InChI=1S/C20H22N4O/c1-14(2)25-18-11-9-17(10-12-18)24-20-13-19(21-15(3)22-20)23-16-7-5-4-6-8-16/h4-14H,1-3H3,(H2,21,22,23,24). The lowest BCUT2D eigenvalue weighted by molar-refractivity contribution is 0.242. The number of benzene rings is 2. The van der Waals surface area contributed by atoms with Crippen LogP contribution >= 0.6 is 0 Å². The Morgan fingerprint density at radius 3 is 1.92 bits per heavy atom. The first-order valence-corrected chi connectivity index (χ1v) is 8.30. The van der Waals surface area contributed by atoms with Gasteiger partial charge in [0.15, 0.2) is 0 Å². The molecule has 3 rings (SSSR count). The summed E-state index contributed by atoms with van der Waals surface area (Å²) in [5, 5.41) is 6.60. The molecule has 0 saturated heterocycles. The van der Waals surface area contributed by atoms with Crippen molar-refractivity contribution in [3.63, 3.8) is 0 Å². The highest BCUT2D eigenvalue weighted by atomic mass is 16.5. The van der Waals surface area contributed by atoms with Gasteiger partial charge in [0.2, 0.25) is 0 Å². The lowest BCUT2D eigenvalue weighted by Gasteiger charge is -2.12. The van der Waals surface area contributed by atoms with Gasteiger partial charge < -0.3 is 15.4 Å². The second-order valence-electron chi connectivity index (χ2n) is 5.99. The van der Waals surface area contributed by atoms with Crippen molar-refractivity contribution in [3.05, 3.63) is 66.5 Å². The van der Waals surface area contributed by atoms with Gasteiger partial charge in [-0.25, -0.2) is 9.97 Å².